The van der Waals surface area contributed by atoms with Crippen LogP contribution in [-0.2, 0) is 13.0 Å². The Hall–Kier alpha value is -2.88. The van der Waals surface area contributed by atoms with Gasteiger partial charge in [-0.15, -0.1) is 0 Å². The lowest BCUT2D eigenvalue weighted by molar-refractivity contribution is 0.141. The molecule has 5 rings (SSSR count). The van der Waals surface area contributed by atoms with Crippen molar-refractivity contribution < 1.29 is 18.3 Å². The van der Waals surface area contributed by atoms with Crippen molar-refractivity contribution in [1.29, 1.82) is 0 Å². The van der Waals surface area contributed by atoms with Crippen LogP contribution in [0.1, 0.15) is 92.9 Å². The van der Waals surface area contributed by atoms with Gasteiger partial charge in [0.05, 0.1) is 6.61 Å². The lowest BCUT2D eigenvalue weighted by Crippen LogP contribution is -2.29. The summed E-state index contributed by atoms with van der Waals surface area (Å²) < 4.78 is 39.1. The highest BCUT2D eigenvalue weighted by atomic mass is 19.2. The van der Waals surface area contributed by atoms with E-state index in [-0.39, 0.29) is 24.7 Å². The molecule has 0 bridgehead atoms. The van der Waals surface area contributed by atoms with Gasteiger partial charge in [-0.25, -0.2) is 0 Å². The molecule has 4 atom stereocenters. The topological polar surface area (TPSA) is 18.5 Å². The lowest BCUT2D eigenvalue weighted by atomic mass is 9.63. The van der Waals surface area contributed by atoms with Crippen LogP contribution in [0.4, 0.5) is 8.78 Å². The molecule has 4 unspecified atom stereocenters. The zero-order chi connectivity index (χ0) is 26.5. The summed E-state index contributed by atoms with van der Waals surface area (Å²) in [5, 5.41) is 0. The molecule has 4 heteroatoms. The summed E-state index contributed by atoms with van der Waals surface area (Å²) in [6, 6.07) is 20.8. The Kier molecular flexibility index (Phi) is 8.66. The normalized spacial score (nSPS) is 23.1. The average molecular weight is 519 g/mol. The van der Waals surface area contributed by atoms with E-state index in [0.717, 1.165) is 23.3 Å². The number of halogens is 2. The van der Waals surface area contributed by atoms with Crippen LogP contribution in [0.2, 0.25) is 0 Å². The first kappa shape index (κ1) is 26.7. The molecule has 3 aromatic rings. The number of hydrogen-bond donors (Lipinski definition) is 0. The molecule has 2 aliphatic carbocycles. The van der Waals surface area contributed by atoms with Gasteiger partial charge < -0.3 is 9.47 Å². The summed E-state index contributed by atoms with van der Waals surface area (Å²) in [7, 11) is 0. The van der Waals surface area contributed by atoms with Crippen LogP contribution in [0.5, 0.6) is 11.5 Å². The summed E-state index contributed by atoms with van der Waals surface area (Å²) in [4.78, 5) is 0. The van der Waals surface area contributed by atoms with Crippen molar-refractivity contribution in [1.82, 2.24) is 0 Å². The summed E-state index contributed by atoms with van der Waals surface area (Å²) >= 11 is 0. The molecule has 2 aliphatic rings. The number of benzene rings is 3. The van der Waals surface area contributed by atoms with Gasteiger partial charge in [0.1, 0.15) is 6.61 Å². The standard InChI is InChI=1S/C34H40F2O2/c1-3-5-23-6-10-25(11-7-23)27-14-16-30-21-28(15-17-29(30)20-27)26-12-8-24(9-13-26)22-38-32-19-18-31(37-4-2)33(35)34(32)36/h6-13,18-19,27-30H,3-5,14-17,20-22H2,1-2H3. The summed E-state index contributed by atoms with van der Waals surface area (Å²) in [6.45, 7) is 4.45. The van der Waals surface area contributed by atoms with E-state index in [1.165, 1.54) is 80.2 Å². The van der Waals surface area contributed by atoms with Crippen molar-refractivity contribution in [3.63, 3.8) is 0 Å². The van der Waals surface area contributed by atoms with Crippen molar-refractivity contribution in [2.45, 2.75) is 83.7 Å². The fourth-order valence-electron chi connectivity index (χ4n) is 6.68. The van der Waals surface area contributed by atoms with Crippen molar-refractivity contribution in [3.8, 4) is 11.5 Å². The predicted octanol–water partition coefficient (Wildman–Crippen LogP) is 9.36. The molecular formula is C34H40F2O2. The minimum atomic E-state index is -1.01. The second-order valence-electron chi connectivity index (χ2n) is 11.2. The number of aryl methyl sites for hydroxylation is 1. The van der Waals surface area contributed by atoms with Crippen molar-refractivity contribution in [2.24, 2.45) is 11.8 Å². The fraction of sp³-hybridized carbons (Fsp3) is 0.471. The molecule has 0 heterocycles. The Bertz CT molecular complexity index is 1190. The van der Waals surface area contributed by atoms with Gasteiger partial charge in [-0.3, -0.25) is 0 Å². The molecule has 0 spiro atoms. The van der Waals surface area contributed by atoms with E-state index in [4.69, 9.17) is 9.47 Å². The molecule has 0 aliphatic heterocycles. The average Bonchev–Trinajstić information content (AvgIpc) is 2.95. The van der Waals surface area contributed by atoms with E-state index in [9.17, 15) is 8.78 Å². The van der Waals surface area contributed by atoms with Crippen molar-refractivity contribution in [3.05, 3.63) is 94.6 Å². The van der Waals surface area contributed by atoms with E-state index in [2.05, 4.69) is 55.5 Å². The molecule has 2 saturated carbocycles. The largest absolute Gasteiger partial charge is 0.491 e. The van der Waals surface area contributed by atoms with Crippen LogP contribution in [-0.4, -0.2) is 6.61 Å². The highest BCUT2D eigenvalue weighted by molar-refractivity contribution is 5.35. The Morgan fingerprint density at radius 3 is 1.63 bits per heavy atom. The maximum absolute atomic E-state index is 14.3. The Labute approximate surface area is 226 Å². The van der Waals surface area contributed by atoms with E-state index in [1.54, 1.807) is 6.92 Å². The molecule has 2 nitrogen and oxygen atoms in total. The molecule has 2 fully saturated rings. The van der Waals surface area contributed by atoms with Gasteiger partial charge in [-0.2, -0.15) is 8.78 Å². The van der Waals surface area contributed by atoms with Gasteiger partial charge in [0, 0.05) is 0 Å². The third kappa shape index (κ3) is 6.06. The van der Waals surface area contributed by atoms with Crippen LogP contribution in [0.15, 0.2) is 60.7 Å². The van der Waals surface area contributed by atoms with Gasteiger partial charge >= 0.3 is 0 Å². The number of ether oxygens (including phenoxy) is 2. The van der Waals surface area contributed by atoms with Gasteiger partial charge in [0.2, 0.25) is 11.6 Å². The van der Waals surface area contributed by atoms with Crippen molar-refractivity contribution in [2.75, 3.05) is 6.61 Å². The Morgan fingerprint density at radius 1 is 0.632 bits per heavy atom. The molecule has 0 aromatic heterocycles. The first-order chi connectivity index (χ1) is 18.6. The van der Waals surface area contributed by atoms with Crippen LogP contribution >= 0.6 is 0 Å². The maximum atomic E-state index is 14.3. The van der Waals surface area contributed by atoms with E-state index >= 15 is 0 Å². The molecule has 0 saturated heterocycles. The Balaban J connectivity index is 1.14. The highest BCUT2D eigenvalue weighted by Gasteiger charge is 2.36. The SMILES string of the molecule is CCCc1ccc(C2CCC3CC(c4ccc(COc5ccc(OCC)c(F)c5F)cc4)CCC3C2)cc1. The van der Waals surface area contributed by atoms with Gasteiger partial charge in [-0.1, -0.05) is 61.9 Å². The molecule has 0 radical (unpaired) electrons. The summed E-state index contributed by atoms with van der Waals surface area (Å²) in [5.41, 5.74) is 5.33. The molecule has 0 amide bonds. The molecule has 38 heavy (non-hydrogen) atoms. The summed E-state index contributed by atoms with van der Waals surface area (Å²) in [5.74, 6) is 0.793. The van der Waals surface area contributed by atoms with Crippen LogP contribution in [0.3, 0.4) is 0 Å². The number of rotatable bonds is 9. The quantitative estimate of drug-likeness (QED) is 0.281. The fourth-order valence-corrected chi connectivity index (χ4v) is 6.68. The van der Waals surface area contributed by atoms with Gasteiger partial charge in [0.15, 0.2) is 11.5 Å². The second kappa shape index (κ2) is 12.3. The first-order valence-electron chi connectivity index (χ1n) is 14.5. The highest BCUT2D eigenvalue weighted by Crippen LogP contribution is 2.49. The molecule has 202 valence electrons. The van der Waals surface area contributed by atoms with E-state index in [1.807, 2.05) is 0 Å². The Morgan fingerprint density at radius 2 is 1.13 bits per heavy atom. The van der Waals surface area contributed by atoms with Crippen LogP contribution in [0, 0.1) is 23.5 Å². The molecule has 0 N–H and O–H groups in total. The zero-order valence-corrected chi connectivity index (χ0v) is 22.7. The maximum Gasteiger partial charge on any atom is 0.204 e. The summed E-state index contributed by atoms with van der Waals surface area (Å²) in [6.07, 6.45) is 10.2. The third-order valence-electron chi connectivity index (χ3n) is 8.76. The number of fused-ring (bicyclic) bond motifs is 1. The van der Waals surface area contributed by atoms with Crippen LogP contribution in [0.25, 0.3) is 0 Å². The monoisotopic (exact) mass is 518 g/mol. The molecular weight excluding hydrogens is 478 g/mol. The number of hydrogen-bond acceptors (Lipinski definition) is 2. The van der Waals surface area contributed by atoms with Crippen LogP contribution < -0.4 is 9.47 Å². The van der Waals surface area contributed by atoms with Gasteiger partial charge in [0.25, 0.3) is 0 Å². The van der Waals surface area contributed by atoms with Gasteiger partial charge in [-0.05, 0) is 110 Å². The first-order valence-corrected chi connectivity index (χ1v) is 14.5. The molecule has 3 aromatic carbocycles. The minimum absolute atomic E-state index is 0.0917. The van der Waals surface area contributed by atoms with E-state index < -0.39 is 11.6 Å². The van der Waals surface area contributed by atoms with Crippen molar-refractivity contribution >= 4 is 0 Å². The lowest BCUT2D eigenvalue weighted by Gasteiger charge is -2.42. The van der Waals surface area contributed by atoms with E-state index in [0.29, 0.717) is 5.92 Å². The smallest absolute Gasteiger partial charge is 0.204 e. The zero-order valence-electron chi connectivity index (χ0n) is 22.7. The third-order valence-corrected chi connectivity index (χ3v) is 8.76. The predicted molar refractivity (Wildman–Crippen MR) is 149 cm³/mol. The minimum Gasteiger partial charge on any atom is -0.491 e. The second-order valence-corrected chi connectivity index (χ2v) is 11.2.